The molecule has 3 heterocycles. The lowest BCUT2D eigenvalue weighted by atomic mass is 10.1. The molecule has 1 aromatic carbocycles. The number of nitrogens with one attached hydrogen (secondary N) is 2. The number of H-pyrrole nitrogens is 2. The summed E-state index contributed by atoms with van der Waals surface area (Å²) in [4.78, 5) is 41.6. The lowest BCUT2D eigenvalue weighted by Gasteiger charge is -2.16. The number of phenols is 1. The van der Waals surface area contributed by atoms with Gasteiger partial charge >= 0.3 is 11.7 Å². The van der Waals surface area contributed by atoms with Crippen LogP contribution in [-0.4, -0.2) is 49.5 Å². The SMILES string of the molecule is Cc1cn(C2CC(OC(=O)c3c[nH]c4cc(Br)c(O)cc34)C(CO)O2)c(=O)[nH]c1=O. The molecule has 0 bridgehead atoms. The fraction of sp³-hybridized carbons (Fsp3) is 0.316. The third kappa shape index (κ3) is 3.55. The number of benzene rings is 1. The first-order valence-corrected chi connectivity index (χ1v) is 9.86. The molecule has 158 valence electrons. The van der Waals surface area contributed by atoms with E-state index in [-0.39, 0.29) is 17.7 Å². The molecule has 1 saturated heterocycles. The number of aromatic hydroxyl groups is 1. The highest BCUT2D eigenvalue weighted by Crippen LogP contribution is 2.33. The van der Waals surface area contributed by atoms with Gasteiger partial charge in [0.05, 0.1) is 16.6 Å². The van der Waals surface area contributed by atoms with Crippen molar-refractivity contribution in [3.63, 3.8) is 0 Å². The Hall–Kier alpha value is -2.89. The normalized spacial score (nSPS) is 21.2. The van der Waals surface area contributed by atoms with Crippen molar-refractivity contribution in [2.45, 2.75) is 31.8 Å². The number of nitrogens with zero attached hydrogens (tertiary/aromatic N) is 1. The van der Waals surface area contributed by atoms with Gasteiger partial charge in [0.15, 0.2) is 0 Å². The largest absolute Gasteiger partial charge is 0.507 e. The summed E-state index contributed by atoms with van der Waals surface area (Å²) < 4.78 is 12.9. The van der Waals surface area contributed by atoms with Gasteiger partial charge in [-0.3, -0.25) is 14.3 Å². The summed E-state index contributed by atoms with van der Waals surface area (Å²) in [7, 11) is 0. The lowest BCUT2D eigenvalue weighted by Crippen LogP contribution is -2.33. The van der Waals surface area contributed by atoms with E-state index in [1.165, 1.54) is 23.0 Å². The number of ether oxygens (including phenoxy) is 2. The third-order valence-electron chi connectivity index (χ3n) is 5.04. The fourth-order valence-electron chi connectivity index (χ4n) is 3.46. The van der Waals surface area contributed by atoms with Crippen LogP contribution in [0.2, 0.25) is 0 Å². The Balaban J connectivity index is 1.58. The van der Waals surface area contributed by atoms with Crippen LogP contribution in [0.1, 0.15) is 28.6 Å². The first-order valence-electron chi connectivity index (χ1n) is 9.07. The second kappa shape index (κ2) is 7.74. The zero-order chi connectivity index (χ0) is 21.6. The zero-order valence-corrected chi connectivity index (χ0v) is 17.3. The monoisotopic (exact) mass is 479 g/mol. The second-order valence-electron chi connectivity index (χ2n) is 7.02. The Kier molecular flexibility index (Phi) is 5.26. The third-order valence-corrected chi connectivity index (χ3v) is 5.68. The van der Waals surface area contributed by atoms with E-state index in [9.17, 15) is 24.6 Å². The number of aryl methyl sites for hydroxylation is 1. The van der Waals surface area contributed by atoms with Gasteiger partial charge in [0.25, 0.3) is 5.56 Å². The van der Waals surface area contributed by atoms with E-state index in [0.717, 1.165) is 0 Å². The van der Waals surface area contributed by atoms with Crippen LogP contribution in [0.3, 0.4) is 0 Å². The average molecular weight is 480 g/mol. The molecule has 30 heavy (non-hydrogen) atoms. The molecule has 4 N–H and O–H groups in total. The van der Waals surface area contributed by atoms with E-state index in [1.54, 1.807) is 13.0 Å². The van der Waals surface area contributed by atoms with Gasteiger partial charge in [0.2, 0.25) is 0 Å². The molecule has 0 saturated carbocycles. The maximum absolute atomic E-state index is 12.8. The first-order chi connectivity index (χ1) is 14.3. The molecule has 4 rings (SSSR count). The van der Waals surface area contributed by atoms with Crippen LogP contribution in [0, 0.1) is 6.92 Å². The number of rotatable bonds is 4. The molecule has 0 aliphatic carbocycles. The highest BCUT2D eigenvalue weighted by Gasteiger charge is 2.39. The molecule has 1 aliphatic rings. The number of phenolic OH excluding ortho intramolecular Hbond substituents is 1. The van der Waals surface area contributed by atoms with Crippen molar-refractivity contribution in [2.24, 2.45) is 0 Å². The van der Waals surface area contributed by atoms with Gasteiger partial charge in [-0.1, -0.05) is 0 Å². The van der Waals surface area contributed by atoms with Gasteiger partial charge in [-0.15, -0.1) is 0 Å². The van der Waals surface area contributed by atoms with E-state index < -0.39 is 42.3 Å². The summed E-state index contributed by atoms with van der Waals surface area (Å²) in [6, 6.07) is 3.07. The maximum Gasteiger partial charge on any atom is 0.340 e. The second-order valence-corrected chi connectivity index (χ2v) is 7.88. The van der Waals surface area contributed by atoms with Gasteiger partial charge in [-0.2, -0.15) is 0 Å². The smallest absolute Gasteiger partial charge is 0.340 e. The molecule has 3 unspecified atom stereocenters. The topological polar surface area (TPSA) is 147 Å². The number of aromatic nitrogens is 3. The van der Waals surface area contributed by atoms with Crippen LogP contribution < -0.4 is 11.2 Å². The predicted molar refractivity (Wildman–Crippen MR) is 109 cm³/mol. The Bertz CT molecular complexity index is 1250. The van der Waals surface area contributed by atoms with E-state index >= 15 is 0 Å². The van der Waals surface area contributed by atoms with Gasteiger partial charge in [-0.25, -0.2) is 9.59 Å². The number of hydrogen-bond donors (Lipinski definition) is 4. The van der Waals surface area contributed by atoms with Crippen molar-refractivity contribution in [3.8, 4) is 5.75 Å². The molecule has 10 nitrogen and oxygen atoms in total. The molecule has 3 aromatic rings. The number of hydrogen-bond acceptors (Lipinski definition) is 7. The molecule has 2 aromatic heterocycles. The minimum atomic E-state index is -0.842. The summed E-state index contributed by atoms with van der Waals surface area (Å²) in [5.41, 5.74) is 0.0113. The maximum atomic E-state index is 12.8. The van der Waals surface area contributed by atoms with Gasteiger partial charge in [0.1, 0.15) is 24.2 Å². The van der Waals surface area contributed by atoms with Crippen molar-refractivity contribution in [2.75, 3.05) is 6.61 Å². The van der Waals surface area contributed by atoms with E-state index in [1.807, 2.05) is 0 Å². The van der Waals surface area contributed by atoms with Gasteiger partial charge in [-0.05, 0) is 35.0 Å². The molecular weight excluding hydrogens is 462 g/mol. The Morgan fingerprint density at radius 1 is 1.40 bits per heavy atom. The van der Waals surface area contributed by atoms with Crippen molar-refractivity contribution >= 4 is 32.8 Å². The number of fused-ring (bicyclic) bond motifs is 1. The fourth-order valence-corrected chi connectivity index (χ4v) is 3.80. The molecule has 0 radical (unpaired) electrons. The number of aromatic amines is 2. The van der Waals surface area contributed by atoms with E-state index in [4.69, 9.17) is 9.47 Å². The minimum absolute atomic E-state index is 0.0264. The number of halogens is 1. The van der Waals surface area contributed by atoms with E-state index in [2.05, 4.69) is 25.9 Å². The van der Waals surface area contributed by atoms with Crippen LogP contribution in [-0.2, 0) is 9.47 Å². The Labute approximate surface area is 177 Å². The standard InChI is InChI=1S/C19H18BrN3O7/c1-8-6-23(19(28)22-17(8)26)16-4-14(15(7-24)29-16)30-18(27)10-5-21-12-3-11(20)13(25)2-9(10)12/h2-3,5-6,14-16,21,24-25H,4,7H2,1H3,(H,22,26,28). The van der Waals surface area contributed by atoms with Crippen molar-refractivity contribution in [3.05, 3.63) is 61.0 Å². The number of carbonyl (C=O) groups excluding carboxylic acids is 1. The van der Waals surface area contributed by atoms with Gasteiger partial charge < -0.3 is 24.7 Å². The lowest BCUT2D eigenvalue weighted by molar-refractivity contribution is -0.0521. The predicted octanol–water partition coefficient (Wildman–Crippen LogP) is 1.30. The number of aliphatic hydroxyl groups is 1. The quantitative estimate of drug-likeness (QED) is 0.412. The molecule has 0 spiro atoms. The summed E-state index contributed by atoms with van der Waals surface area (Å²) >= 11 is 3.21. The molecule has 3 atom stereocenters. The highest BCUT2D eigenvalue weighted by molar-refractivity contribution is 9.10. The van der Waals surface area contributed by atoms with Crippen LogP contribution in [0.4, 0.5) is 0 Å². The van der Waals surface area contributed by atoms with Crippen molar-refractivity contribution in [1.82, 2.24) is 14.5 Å². The average Bonchev–Trinajstić information content (AvgIpc) is 3.28. The number of esters is 1. The molecular formula is C19H18BrN3O7. The molecule has 0 amide bonds. The Morgan fingerprint density at radius 3 is 2.90 bits per heavy atom. The van der Waals surface area contributed by atoms with Crippen LogP contribution in [0.5, 0.6) is 5.75 Å². The summed E-state index contributed by atoms with van der Waals surface area (Å²) in [5, 5.41) is 20.0. The van der Waals surface area contributed by atoms with E-state index in [0.29, 0.717) is 20.9 Å². The highest BCUT2D eigenvalue weighted by atomic mass is 79.9. The van der Waals surface area contributed by atoms with Gasteiger partial charge in [0, 0.05) is 35.3 Å². The first kappa shape index (κ1) is 20.4. The molecule has 1 aliphatic heterocycles. The van der Waals surface area contributed by atoms with Crippen molar-refractivity contribution in [1.29, 1.82) is 0 Å². The molecule has 11 heteroatoms. The van der Waals surface area contributed by atoms with Crippen LogP contribution in [0.15, 0.2) is 38.6 Å². The van der Waals surface area contributed by atoms with Crippen LogP contribution in [0.25, 0.3) is 10.9 Å². The van der Waals surface area contributed by atoms with Crippen molar-refractivity contribution < 1.29 is 24.5 Å². The minimum Gasteiger partial charge on any atom is -0.507 e. The Morgan fingerprint density at radius 2 is 2.17 bits per heavy atom. The summed E-state index contributed by atoms with van der Waals surface area (Å²) in [6.45, 7) is 1.13. The summed E-state index contributed by atoms with van der Waals surface area (Å²) in [5.74, 6) is -0.692. The number of carbonyl (C=O) groups is 1. The zero-order valence-electron chi connectivity index (χ0n) is 15.7. The number of aliphatic hydroxyl groups excluding tert-OH is 1. The van der Waals surface area contributed by atoms with Crippen LogP contribution >= 0.6 is 15.9 Å². The summed E-state index contributed by atoms with van der Waals surface area (Å²) in [6.07, 6.45) is 0.472. The molecule has 1 fully saturated rings.